The Labute approximate surface area is 250 Å². The standard InChI is InChI=1S/C33H31N3O6S/c37-32(23-41-26-14-16-27(17-15-26)43(39,40)36-21-19-25-10-4-5-11-28(25)36)35-22-31(42-30-13-7-6-12-29(30)35)33(38)34-20-18-24-8-2-1-3-9-24/h1-17,31H,18-23H2,(H,34,38)/t31-/m0/s1. The molecule has 0 radical (unpaired) electrons. The molecule has 4 aromatic rings. The number of benzene rings is 4. The topological polar surface area (TPSA) is 105 Å². The normalized spacial score (nSPS) is 15.7. The van der Waals surface area contributed by atoms with Crippen molar-refractivity contribution in [2.45, 2.75) is 23.8 Å². The summed E-state index contributed by atoms with van der Waals surface area (Å²) in [6, 6.07) is 30.4. The van der Waals surface area contributed by atoms with Gasteiger partial charge in [0.15, 0.2) is 12.7 Å². The largest absolute Gasteiger partial charge is 0.484 e. The van der Waals surface area contributed by atoms with Crippen LogP contribution in [0.1, 0.15) is 11.1 Å². The van der Waals surface area contributed by atoms with Gasteiger partial charge in [-0.15, -0.1) is 0 Å². The first-order chi connectivity index (χ1) is 20.9. The van der Waals surface area contributed by atoms with Crippen molar-refractivity contribution < 1.29 is 27.5 Å². The molecule has 0 saturated heterocycles. The number of nitrogens with one attached hydrogen (secondary N) is 1. The molecule has 220 valence electrons. The highest BCUT2D eigenvalue weighted by Gasteiger charge is 2.34. The highest BCUT2D eigenvalue weighted by molar-refractivity contribution is 7.92. The molecular formula is C33H31N3O6S. The van der Waals surface area contributed by atoms with E-state index in [1.807, 2.05) is 54.6 Å². The third-order valence-corrected chi connectivity index (χ3v) is 9.37. The Balaban J connectivity index is 1.08. The van der Waals surface area contributed by atoms with Gasteiger partial charge in [0.25, 0.3) is 21.8 Å². The lowest BCUT2D eigenvalue weighted by Crippen LogP contribution is -2.52. The third kappa shape index (κ3) is 6.05. The van der Waals surface area contributed by atoms with Crippen molar-refractivity contribution in [3.05, 3.63) is 114 Å². The zero-order valence-corrected chi connectivity index (χ0v) is 24.2. The van der Waals surface area contributed by atoms with Crippen LogP contribution in [0.4, 0.5) is 11.4 Å². The average molecular weight is 598 g/mol. The van der Waals surface area contributed by atoms with E-state index in [0.717, 1.165) is 11.1 Å². The number of para-hydroxylation sites is 3. The summed E-state index contributed by atoms with van der Waals surface area (Å²) in [5.74, 6) is 0.124. The monoisotopic (exact) mass is 597 g/mol. The summed E-state index contributed by atoms with van der Waals surface area (Å²) in [5.41, 5.74) is 3.36. The van der Waals surface area contributed by atoms with Crippen molar-refractivity contribution in [3.8, 4) is 11.5 Å². The van der Waals surface area contributed by atoms with Crippen LogP contribution in [0.25, 0.3) is 0 Å². The number of hydrogen-bond acceptors (Lipinski definition) is 6. The molecule has 0 unspecified atom stereocenters. The Bertz CT molecular complexity index is 1730. The predicted molar refractivity (Wildman–Crippen MR) is 163 cm³/mol. The van der Waals surface area contributed by atoms with Gasteiger partial charge in [0, 0.05) is 13.1 Å². The van der Waals surface area contributed by atoms with E-state index in [1.165, 1.54) is 21.3 Å². The van der Waals surface area contributed by atoms with E-state index in [0.29, 0.717) is 48.8 Å². The van der Waals surface area contributed by atoms with E-state index < -0.39 is 16.1 Å². The highest BCUT2D eigenvalue weighted by Crippen LogP contribution is 2.34. The number of nitrogens with zero attached hydrogens (tertiary/aromatic N) is 2. The maximum Gasteiger partial charge on any atom is 0.265 e. The summed E-state index contributed by atoms with van der Waals surface area (Å²) in [5, 5.41) is 2.91. The second-order valence-electron chi connectivity index (χ2n) is 10.3. The lowest BCUT2D eigenvalue weighted by molar-refractivity contribution is -0.128. The molecule has 2 aliphatic heterocycles. The van der Waals surface area contributed by atoms with Crippen molar-refractivity contribution in [2.75, 3.05) is 35.4 Å². The second-order valence-corrected chi connectivity index (χ2v) is 12.2. The fourth-order valence-electron chi connectivity index (χ4n) is 5.31. The van der Waals surface area contributed by atoms with Gasteiger partial charge in [0.05, 0.1) is 22.8 Å². The van der Waals surface area contributed by atoms with Gasteiger partial charge in [0.1, 0.15) is 11.5 Å². The highest BCUT2D eigenvalue weighted by atomic mass is 32.2. The van der Waals surface area contributed by atoms with E-state index in [-0.39, 0.29) is 29.9 Å². The van der Waals surface area contributed by atoms with Crippen molar-refractivity contribution in [2.24, 2.45) is 0 Å². The minimum atomic E-state index is -3.74. The second kappa shape index (κ2) is 12.2. The van der Waals surface area contributed by atoms with E-state index in [2.05, 4.69) is 5.32 Å². The van der Waals surface area contributed by atoms with Crippen LogP contribution in [0.5, 0.6) is 11.5 Å². The lowest BCUT2D eigenvalue weighted by atomic mass is 10.1. The molecule has 0 aromatic heterocycles. The predicted octanol–water partition coefficient (Wildman–Crippen LogP) is 3.97. The van der Waals surface area contributed by atoms with Crippen LogP contribution < -0.4 is 24.0 Å². The number of anilines is 2. The Hall–Kier alpha value is -4.83. The van der Waals surface area contributed by atoms with Crippen LogP contribution >= 0.6 is 0 Å². The zero-order valence-electron chi connectivity index (χ0n) is 23.4. The molecule has 0 aliphatic carbocycles. The van der Waals surface area contributed by atoms with E-state index >= 15 is 0 Å². The number of amides is 2. The Morgan fingerprint density at radius 2 is 1.56 bits per heavy atom. The Morgan fingerprint density at radius 3 is 2.35 bits per heavy atom. The molecule has 0 fully saturated rings. The van der Waals surface area contributed by atoms with Gasteiger partial charge in [-0.2, -0.15) is 0 Å². The lowest BCUT2D eigenvalue weighted by Gasteiger charge is -2.34. The number of rotatable bonds is 9. The van der Waals surface area contributed by atoms with Gasteiger partial charge < -0.3 is 19.7 Å². The molecule has 10 heteroatoms. The van der Waals surface area contributed by atoms with Gasteiger partial charge in [-0.25, -0.2) is 8.42 Å². The number of sulfonamides is 1. The van der Waals surface area contributed by atoms with Crippen LogP contribution in [0, 0.1) is 0 Å². The Kier molecular flexibility index (Phi) is 8.02. The van der Waals surface area contributed by atoms with Gasteiger partial charge in [-0.3, -0.25) is 13.9 Å². The van der Waals surface area contributed by atoms with E-state index in [4.69, 9.17) is 9.47 Å². The zero-order chi connectivity index (χ0) is 29.8. The van der Waals surface area contributed by atoms with Gasteiger partial charge in [-0.05, 0) is 66.4 Å². The summed E-state index contributed by atoms with van der Waals surface area (Å²) in [7, 11) is -3.74. The molecule has 2 aliphatic rings. The fraction of sp³-hybridized carbons (Fsp3) is 0.212. The molecule has 43 heavy (non-hydrogen) atoms. The van der Waals surface area contributed by atoms with Crippen LogP contribution in [-0.4, -0.2) is 52.6 Å². The Morgan fingerprint density at radius 1 is 0.860 bits per heavy atom. The molecule has 1 atom stereocenters. The number of carbonyl (C=O) groups excluding carboxylic acids is 2. The molecule has 1 N–H and O–H groups in total. The molecule has 0 saturated carbocycles. The first kappa shape index (κ1) is 28.3. The molecule has 0 bridgehead atoms. The molecule has 2 amide bonds. The molecular weight excluding hydrogens is 566 g/mol. The maximum absolute atomic E-state index is 13.3. The van der Waals surface area contributed by atoms with Crippen molar-refractivity contribution >= 4 is 33.2 Å². The van der Waals surface area contributed by atoms with E-state index in [9.17, 15) is 18.0 Å². The summed E-state index contributed by atoms with van der Waals surface area (Å²) < 4.78 is 39.7. The maximum atomic E-state index is 13.3. The minimum absolute atomic E-state index is 0.0326. The van der Waals surface area contributed by atoms with Crippen LogP contribution in [0.2, 0.25) is 0 Å². The first-order valence-electron chi connectivity index (χ1n) is 14.1. The smallest absolute Gasteiger partial charge is 0.265 e. The van der Waals surface area contributed by atoms with E-state index in [1.54, 1.807) is 36.4 Å². The summed E-state index contributed by atoms with van der Waals surface area (Å²) in [4.78, 5) is 27.9. The van der Waals surface area contributed by atoms with Gasteiger partial charge in [0.2, 0.25) is 0 Å². The average Bonchev–Trinajstić information content (AvgIpc) is 3.49. The minimum Gasteiger partial charge on any atom is -0.484 e. The first-order valence-corrected chi connectivity index (χ1v) is 15.6. The van der Waals surface area contributed by atoms with Gasteiger partial charge >= 0.3 is 0 Å². The van der Waals surface area contributed by atoms with Crippen molar-refractivity contribution in [1.82, 2.24) is 5.32 Å². The number of carbonyl (C=O) groups is 2. The molecule has 6 rings (SSSR count). The molecule has 9 nitrogen and oxygen atoms in total. The van der Waals surface area contributed by atoms with Crippen molar-refractivity contribution in [1.29, 1.82) is 0 Å². The quantitative estimate of drug-likeness (QED) is 0.313. The van der Waals surface area contributed by atoms with Crippen molar-refractivity contribution in [3.63, 3.8) is 0 Å². The number of ether oxygens (including phenoxy) is 2. The summed E-state index contributed by atoms with van der Waals surface area (Å²) in [6.45, 7) is 0.562. The number of hydrogen-bond donors (Lipinski definition) is 1. The molecule has 4 aromatic carbocycles. The van der Waals surface area contributed by atoms with Crippen LogP contribution in [0.15, 0.2) is 108 Å². The van der Waals surface area contributed by atoms with Gasteiger partial charge in [-0.1, -0.05) is 60.7 Å². The van der Waals surface area contributed by atoms with Crippen LogP contribution in [0.3, 0.4) is 0 Å². The molecule has 2 heterocycles. The number of fused-ring (bicyclic) bond motifs is 2. The SMILES string of the molecule is O=C(NCCc1ccccc1)[C@@H]1CN(C(=O)COc2ccc(S(=O)(=O)N3CCc4ccccc43)cc2)c2ccccc2O1. The summed E-state index contributed by atoms with van der Waals surface area (Å²) >= 11 is 0. The van der Waals surface area contributed by atoms with Crippen LogP contribution in [-0.2, 0) is 32.5 Å². The summed E-state index contributed by atoms with van der Waals surface area (Å²) in [6.07, 6.45) is 0.465. The third-order valence-electron chi connectivity index (χ3n) is 7.54. The molecule has 0 spiro atoms. The fourth-order valence-corrected chi connectivity index (χ4v) is 6.81.